The van der Waals surface area contributed by atoms with Crippen molar-refractivity contribution in [1.82, 2.24) is 5.32 Å². The molecule has 4 nitrogen and oxygen atoms in total. The van der Waals surface area contributed by atoms with Crippen LogP contribution in [-0.2, 0) is 4.79 Å². The van der Waals surface area contributed by atoms with Crippen LogP contribution >= 0.6 is 0 Å². The van der Waals surface area contributed by atoms with Gasteiger partial charge in [-0.05, 0) is 12.1 Å². The number of benzene rings is 1. The minimum Gasteiger partial charge on any atom is -0.481 e. The highest BCUT2D eigenvalue weighted by Crippen LogP contribution is 2.17. The van der Waals surface area contributed by atoms with Crippen LogP contribution in [0.15, 0.2) is 18.2 Å². The third kappa shape index (κ3) is 3.82. The van der Waals surface area contributed by atoms with E-state index in [1.807, 2.05) is 0 Å². The number of hydrogen-bond donors (Lipinski definition) is 2. The smallest absolute Gasteiger partial charge is 0.257 e. The molecule has 0 aliphatic carbocycles. The number of carbonyl (C=O) groups is 1. The molecule has 16 heavy (non-hydrogen) atoms. The second kappa shape index (κ2) is 6.02. The minimum atomic E-state index is -0.715. The van der Waals surface area contributed by atoms with Gasteiger partial charge in [-0.25, -0.2) is 8.78 Å². The first-order valence-electron chi connectivity index (χ1n) is 4.68. The van der Waals surface area contributed by atoms with E-state index >= 15 is 0 Å². The molecule has 3 N–H and O–H groups in total. The fraction of sp³-hybridized carbons (Fsp3) is 0.300. The molecule has 88 valence electrons. The average molecular weight is 230 g/mol. The molecule has 0 spiro atoms. The molecule has 1 aromatic carbocycles. The molecule has 0 heterocycles. The van der Waals surface area contributed by atoms with Crippen LogP contribution in [0.25, 0.3) is 0 Å². The van der Waals surface area contributed by atoms with E-state index in [2.05, 4.69) is 5.32 Å². The van der Waals surface area contributed by atoms with Crippen LogP contribution in [0.3, 0.4) is 0 Å². The first-order valence-corrected chi connectivity index (χ1v) is 4.68. The zero-order valence-electron chi connectivity index (χ0n) is 8.50. The fourth-order valence-electron chi connectivity index (χ4n) is 0.994. The summed E-state index contributed by atoms with van der Waals surface area (Å²) in [6.45, 7) is 0.244. The summed E-state index contributed by atoms with van der Waals surface area (Å²) in [6, 6.07) is 2.78. The summed E-state index contributed by atoms with van der Waals surface area (Å²) in [6.07, 6.45) is 0. The minimum absolute atomic E-state index is 0.289. The molecule has 0 bridgehead atoms. The lowest BCUT2D eigenvalue weighted by atomic mass is 10.3. The van der Waals surface area contributed by atoms with Crippen molar-refractivity contribution in [1.29, 1.82) is 0 Å². The van der Waals surface area contributed by atoms with Crippen LogP contribution < -0.4 is 15.8 Å². The van der Waals surface area contributed by atoms with Gasteiger partial charge in [0.1, 0.15) is 5.82 Å². The summed E-state index contributed by atoms with van der Waals surface area (Å²) in [5.74, 6) is -2.07. The van der Waals surface area contributed by atoms with Crippen molar-refractivity contribution in [2.45, 2.75) is 0 Å². The maximum Gasteiger partial charge on any atom is 0.257 e. The second-order valence-corrected chi connectivity index (χ2v) is 3.00. The summed E-state index contributed by atoms with van der Waals surface area (Å²) in [7, 11) is 0. The predicted molar refractivity (Wildman–Crippen MR) is 53.9 cm³/mol. The standard InChI is InChI=1S/C10H12F2N2O2/c11-7-1-2-8(12)9(5-7)16-6-10(15)14-4-3-13/h1-2,5H,3-4,6,13H2,(H,14,15). The molecule has 0 unspecified atom stereocenters. The van der Waals surface area contributed by atoms with Crippen LogP contribution in [0.1, 0.15) is 0 Å². The molecular weight excluding hydrogens is 218 g/mol. The van der Waals surface area contributed by atoms with Gasteiger partial charge < -0.3 is 15.8 Å². The molecule has 0 radical (unpaired) electrons. The molecule has 0 aliphatic heterocycles. The molecule has 1 aromatic rings. The maximum absolute atomic E-state index is 13.0. The Balaban J connectivity index is 2.47. The summed E-state index contributed by atoms with van der Waals surface area (Å²) in [5.41, 5.74) is 5.16. The monoisotopic (exact) mass is 230 g/mol. The maximum atomic E-state index is 13.0. The Morgan fingerprint density at radius 3 is 2.88 bits per heavy atom. The van der Waals surface area contributed by atoms with Crippen molar-refractivity contribution in [3.8, 4) is 5.75 Å². The summed E-state index contributed by atoms with van der Waals surface area (Å²) in [4.78, 5) is 11.1. The Labute approximate surface area is 91.4 Å². The number of ether oxygens (including phenoxy) is 1. The molecule has 0 saturated carbocycles. The number of nitrogens with two attached hydrogens (primary N) is 1. The van der Waals surface area contributed by atoms with Gasteiger partial charge in [-0.15, -0.1) is 0 Å². The molecule has 0 aliphatic rings. The van der Waals surface area contributed by atoms with Crippen LogP contribution in [0.4, 0.5) is 8.78 Å². The van der Waals surface area contributed by atoms with Gasteiger partial charge in [-0.1, -0.05) is 0 Å². The molecular formula is C10H12F2N2O2. The number of rotatable bonds is 5. The highest BCUT2D eigenvalue weighted by atomic mass is 19.1. The van der Waals surface area contributed by atoms with Crippen LogP contribution in [0, 0.1) is 11.6 Å². The van der Waals surface area contributed by atoms with Gasteiger partial charge in [-0.3, -0.25) is 4.79 Å². The Kier molecular flexibility index (Phi) is 4.65. The van der Waals surface area contributed by atoms with Gasteiger partial charge >= 0.3 is 0 Å². The number of carbonyl (C=O) groups excluding carboxylic acids is 1. The lowest BCUT2D eigenvalue weighted by Crippen LogP contribution is -2.33. The van der Waals surface area contributed by atoms with Gasteiger partial charge in [0, 0.05) is 19.2 Å². The summed E-state index contributed by atoms with van der Waals surface area (Å²) < 4.78 is 30.5. The van der Waals surface area contributed by atoms with Crippen molar-refractivity contribution in [3.05, 3.63) is 29.8 Å². The third-order valence-corrected chi connectivity index (χ3v) is 1.72. The van der Waals surface area contributed by atoms with Crippen LogP contribution in [0.2, 0.25) is 0 Å². The zero-order valence-corrected chi connectivity index (χ0v) is 8.50. The second-order valence-electron chi connectivity index (χ2n) is 3.00. The molecule has 0 saturated heterocycles. The molecule has 1 amide bonds. The Morgan fingerprint density at radius 2 is 2.19 bits per heavy atom. The fourth-order valence-corrected chi connectivity index (χ4v) is 0.994. The molecule has 1 rings (SSSR count). The SMILES string of the molecule is NCCNC(=O)COc1cc(F)ccc1F. The molecule has 0 atom stereocenters. The number of nitrogens with one attached hydrogen (secondary N) is 1. The van der Waals surface area contributed by atoms with E-state index in [1.165, 1.54) is 0 Å². The van der Waals surface area contributed by atoms with E-state index in [9.17, 15) is 13.6 Å². The van der Waals surface area contributed by atoms with Crippen molar-refractivity contribution in [2.24, 2.45) is 5.73 Å². The van der Waals surface area contributed by atoms with E-state index in [-0.39, 0.29) is 12.4 Å². The van der Waals surface area contributed by atoms with E-state index < -0.39 is 17.5 Å². The highest BCUT2D eigenvalue weighted by Gasteiger charge is 2.07. The Morgan fingerprint density at radius 1 is 1.44 bits per heavy atom. The summed E-state index contributed by atoms with van der Waals surface area (Å²) in [5, 5.41) is 2.43. The van der Waals surface area contributed by atoms with Gasteiger partial charge in [0.05, 0.1) is 0 Å². The first-order chi connectivity index (χ1) is 7.63. The van der Waals surface area contributed by atoms with E-state index in [0.29, 0.717) is 13.1 Å². The quantitative estimate of drug-likeness (QED) is 0.770. The van der Waals surface area contributed by atoms with Gasteiger partial charge in [0.25, 0.3) is 5.91 Å². The van der Waals surface area contributed by atoms with Gasteiger partial charge in [-0.2, -0.15) is 0 Å². The predicted octanol–water partition coefficient (Wildman–Crippen LogP) is 0.418. The number of amides is 1. The van der Waals surface area contributed by atoms with E-state index in [4.69, 9.17) is 10.5 Å². The van der Waals surface area contributed by atoms with Gasteiger partial charge in [0.2, 0.25) is 0 Å². The van der Waals surface area contributed by atoms with E-state index in [0.717, 1.165) is 18.2 Å². The Bertz CT molecular complexity index is 372. The first kappa shape index (κ1) is 12.4. The molecule has 0 aromatic heterocycles. The van der Waals surface area contributed by atoms with Crippen LogP contribution in [0.5, 0.6) is 5.75 Å². The van der Waals surface area contributed by atoms with Crippen molar-refractivity contribution in [2.75, 3.05) is 19.7 Å². The third-order valence-electron chi connectivity index (χ3n) is 1.72. The molecule has 0 fully saturated rings. The lowest BCUT2D eigenvalue weighted by molar-refractivity contribution is -0.123. The summed E-state index contributed by atoms with van der Waals surface area (Å²) >= 11 is 0. The largest absolute Gasteiger partial charge is 0.481 e. The van der Waals surface area contributed by atoms with Gasteiger partial charge in [0.15, 0.2) is 18.2 Å². The zero-order chi connectivity index (χ0) is 12.0. The van der Waals surface area contributed by atoms with Crippen molar-refractivity contribution < 1.29 is 18.3 Å². The average Bonchev–Trinajstić information content (AvgIpc) is 2.27. The van der Waals surface area contributed by atoms with Crippen molar-refractivity contribution >= 4 is 5.91 Å². The normalized spacial score (nSPS) is 9.94. The molecule has 6 heteroatoms. The Hall–Kier alpha value is -1.69. The number of halogens is 2. The number of hydrogen-bond acceptors (Lipinski definition) is 3. The topological polar surface area (TPSA) is 64.3 Å². The van der Waals surface area contributed by atoms with Crippen molar-refractivity contribution in [3.63, 3.8) is 0 Å². The van der Waals surface area contributed by atoms with Crippen LogP contribution in [-0.4, -0.2) is 25.6 Å². The van der Waals surface area contributed by atoms with E-state index in [1.54, 1.807) is 0 Å². The lowest BCUT2D eigenvalue weighted by Gasteiger charge is -2.07. The highest BCUT2D eigenvalue weighted by molar-refractivity contribution is 5.77.